The molecule has 4 heteroatoms. The summed E-state index contributed by atoms with van der Waals surface area (Å²) in [4.78, 5) is 15.6. The molecule has 102 valence electrons. The van der Waals surface area contributed by atoms with Crippen molar-refractivity contribution >= 4 is 17.7 Å². The first-order valence-electron chi connectivity index (χ1n) is 6.93. The fourth-order valence-corrected chi connectivity index (χ4v) is 3.25. The molecule has 0 radical (unpaired) electrons. The maximum atomic E-state index is 12.3. The van der Waals surface area contributed by atoms with Crippen LogP contribution in [0.4, 0.5) is 0 Å². The Morgan fingerprint density at radius 2 is 1.95 bits per heavy atom. The molecule has 3 rings (SSSR count). The number of thioether (sulfide) groups is 1. The van der Waals surface area contributed by atoms with E-state index in [2.05, 4.69) is 40.7 Å². The summed E-state index contributed by atoms with van der Waals surface area (Å²) in [5.41, 5.74) is 1.20. The van der Waals surface area contributed by atoms with Crippen LogP contribution >= 0.6 is 11.8 Å². The van der Waals surface area contributed by atoms with Crippen molar-refractivity contribution in [3.05, 3.63) is 29.8 Å². The van der Waals surface area contributed by atoms with Crippen LogP contribution in [-0.4, -0.2) is 29.1 Å². The second kappa shape index (κ2) is 5.17. The number of benzene rings is 1. The number of hydrogen-bond donors (Lipinski definition) is 1. The standard InChI is InChI=1S/C15H20N2OS/c1-10-15(18)17(12-4-3-5-12)14(16-10)11-6-8-13(19-2)9-7-11/h6-10,12,14,16H,3-5H2,1-2H3. The molecule has 2 unspecified atom stereocenters. The quantitative estimate of drug-likeness (QED) is 0.862. The molecule has 2 aliphatic rings. The Morgan fingerprint density at radius 1 is 1.26 bits per heavy atom. The molecule has 2 fully saturated rings. The van der Waals surface area contributed by atoms with Crippen molar-refractivity contribution in [3.8, 4) is 0 Å². The fraction of sp³-hybridized carbons (Fsp3) is 0.533. The third kappa shape index (κ3) is 2.28. The van der Waals surface area contributed by atoms with Gasteiger partial charge in [-0.2, -0.15) is 0 Å². The van der Waals surface area contributed by atoms with Crippen molar-refractivity contribution in [3.63, 3.8) is 0 Å². The highest BCUT2D eigenvalue weighted by molar-refractivity contribution is 7.98. The van der Waals surface area contributed by atoms with Gasteiger partial charge in [-0.15, -0.1) is 11.8 Å². The average molecular weight is 276 g/mol. The first kappa shape index (κ1) is 13.0. The Morgan fingerprint density at radius 3 is 2.47 bits per heavy atom. The minimum absolute atomic E-state index is 0.0590. The number of hydrogen-bond acceptors (Lipinski definition) is 3. The molecule has 1 saturated heterocycles. The van der Waals surface area contributed by atoms with E-state index < -0.39 is 0 Å². The molecule has 1 aromatic rings. The van der Waals surface area contributed by atoms with Gasteiger partial charge >= 0.3 is 0 Å². The summed E-state index contributed by atoms with van der Waals surface area (Å²) in [6.07, 6.45) is 5.69. The van der Waals surface area contributed by atoms with Gasteiger partial charge in [0.05, 0.1) is 6.04 Å². The summed E-state index contributed by atoms with van der Waals surface area (Å²) in [6.45, 7) is 1.96. The van der Waals surface area contributed by atoms with Crippen LogP contribution < -0.4 is 5.32 Å². The van der Waals surface area contributed by atoms with Crippen molar-refractivity contribution in [1.29, 1.82) is 0 Å². The fourth-order valence-electron chi connectivity index (χ4n) is 2.84. The van der Waals surface area contributed by atoms with Gasteiger partial charge in [-0.1, -0.05) is 12.1 Å². The number of amides is 1. The molecule has 1 saturated carbocycles. The highest BCUT2D eigenvalue weighted by Gasteiger charge is 2.42. The lowest BCUT2D eigenvalue weighted by molar-refractivity contribution is -0.133. The van der Waals surface area contributed by atoms with Crippen LogP contribution in [0.25, 0.3) is 0 Å². The van der Waals surface area contributed by atoms with Crippen molar-refractivity contribution < 1.29 is 4.79 Å². The van der Waals surface area contributed by atoms with Crippen LogP contribution in [0.3, 0.4) is 0 Å². The van der Waals surface area contributed by atoms with Crippen LogP contribution in [0, 0.1) is 0 Å². The lowest BCUT2D eigenvalue weighted by atomic mass is 9.90. The predicted octanol–water partition coefficient (Wildman–Crippen LogP) is 2.78. The predicted molar refractivity (Wildman–Crippen MR) is 78.0 cm³/mol. The van der Waals surface area contributed by atoms with Crippen molar-refractivity contribution in [2.75, 3.05) is 6.26 Å². The van der Waals surface area contributed by atoms with E-state index in [1.54, 1.807) is 11.8 Å². The molecule has 1 aromatic carbocycles. The second-order valence-corrected chi connectivity index (χ2v) is 6.27. The first-order chi connectivity index (χ1) is 9.20. The zero-order chi connectivity index (χ0) is 13.4. The number of carbonyl (C=O) groups excluding carboxylic acids is 1. The van der Waals surface area contributed by atoms with Crippen LogP contribution in [-0.2, 0) is 4.79 Å². The van der Waals surface area contributed by atoms with Crippen LogP contribution in [0.2, 0.25) is 0 Å². The van der Waals surface area contributed by atoms with Crippen LogP contribution in [0.1, 0.15) is 37.9 Å². The van der Waals surface area contributed by atoms with Gasteiger partial charge in [0.2, 0.25) is 5.91 Å². The summed E-state index contributed by atoms with van der Waals surface area (Å²) in [6, 6.07) is 8.92. The average Bonchev–Trinajstić information content (AvgIpc) is 2.66. The van der Waals surface area contributed by atoms with E-state index in [4.69, 9.17) is 0 Å². The third-order valence-corrected chi connectivity index (χ3v) is 4.95. The molecule has 19 heavy (non-hydrogen) atoms. The lowest BCUT2D eigenvalue weighted by Gasteiger charge is -2.38. The van der Waals surface area contributed by atoms with E-state index in [0.717, 1.165) is 12.8 Å². The van der Waals surface area contributed by atoms with Gasteiger partial charge in [0, 0.05) is 10.9 Å². The van der Waals surface area contributed by atoms with Crippen LogP contribution in [0.5, 0.6) is 0 Å². The third-order valence-electron chi connectivity index (χ3n) is 4.21. The van der Waals surface area contributed by atoms with E-state index in [0.29, 0.717) is 6.04 Å². The Balaban J connectivity index is 1.86. The Kier molecular flexibility index (Phi) is 3.54. The summed E-state index contributed by atoms with van der Waals surface area (Å²) < 4.78 is 0. The van der Waals surface area contributed by atoms with Gasteiger partial charge in [0.25, 0.3) is 0 Å². The summed E-state index contributed by atoms with van der Waals surface area (Å²) >= 11 is 1.74. The largest absolute Gasteiger partial charge is 0.319 e. The maximum Gasteiger partial charge on any atom is 0.241 e. The van der Waals surface area contributed by atoms with E-state index in [-0.39, 0.29) is 18.1 Å². The maximum absolute atomic E-state index is 12.3. The van der Waals surface area contributed by atoms with E-state index in [1.165, 1.54) is 16.9 Å². The van der Waals surface area contributed by atoms with Gasteiger partial charge < -0.3 is 4.90 Å². The van der Waals surface area contributed by atoms with E-state index in [9.17, 15) is 4.79 Å². The van der Waals surface area contributed by atoms with Gasteiger partial charge in [-0.25, -0.2) is 0 Å². The molecule has 1 heterocycles. The molecule has 0 aromatic heterocycles. The Hall–Kier alpha value is -1.00. The van der Waals surface area contributed by atoms with Gasteiger partial charge in [-0.05, 0) is 50.1 Å². The van der Waals surface area contributed by atoms with Gasteiger partial charge in [0.1, 0.15) is 6.17 Å². The molecule has 2 atom stereocenters. The zero-order valence-corrected chi connectivity index (χ0v) is 12.2. The molecule has 1 N–H and O–H groups in total. The van der Waals surface area contributed by atoms with E-state index >= 15 is 0 Å². The molecule has 1 aliphatic carbocycles. The highest BCUT2D eigenvalue weighted by atomic mass is 32.2. The monoisotopic (exact) mass is 276 g/mol. The Bertz CT molecular complexity index is 470. The molecule has 1 amide bonds. The van der Waals surface area contributed by atoms with E-state index in [1.807, 2.05) is 6.92 Å². The van der Waals surface area contributed by atoms with Gasteiger partial charge in [-0.3, -0.25) is 10.1 Å². The number of rotatable bonds is 3. The highest BCUT2D eigenvalue weighted by Crippen LogP contribution is 2.35. The van der Waals surface area contributed by atoms with Crippen LogP contribution in [0.15, 0.2) is 29.2 Å². The normalized spacial score (nSPS) is 27.7. The minimum atomic E-state index is -0.0640. The summed E-state index contributed by atoms with van der Waals surface area (Å²) in [5, 5.41) is 3.43. The summed E-state index contributed by atoms with van der Waals surface area (Å²) in [7, 11) is 0. The molecular formula is C15H20N2OS. The van der Waals surface area contributed by atoms with Crippen molar-refractivity contribution in [2.45, 2.75) is 49.3 Å². The first-order valence-corrected chi connectivity index (χ1v) is 8.15. The zero-order valence-electron chi connectivity index (χ0n) is 11.4. The number of carbonyl (C=O) groups is 1. The second-order valence-electron chi connectivity index (χ2n) is 5.39. The van der Waals surface area contributed by atoms with Crippen molar-refractivity contribution in [1.82, 2.24) is 10.2 Å². The Labute approximate surface area is 118 Å². The lowest BCUT2D eigenvalue weighted by Crippen LogP contribution is -2.43. The van der Waals surface area contributed by atoms with Crippen molar-refractivity contribution in [2.24, 2.45) is 0 Å². The molecule has 0 bridgehead atoms. The van der Waals surface area contributed by atoms with Gasteiger partial charge in [0.15, 0.2) is 0 Å². The molecule has 1 aliphatic heterocycles. The topological polar surface area (TPSA) is 32.3 Å². The SMILES string of the molecule is CSc1ccc(C2NC(C)C(=O)N2C2CCC2)cc1. The molecule has 0 spiro atoms. The molecule has 3 nitrogen and oxygen atoms in total. The minimum Gasteiger partial charge on any atom is -0.319 e. The summed E-state index contributed by atoms with van der Waals surface area (Å²) in [5.74, 6) is 0.253. The number of nitrogens with one attached hydrogen (secondary N) is 1. The molecular weight excluding hydrogens is 256 g/mol. The number of nitrogens with zero attached hydrogens (tertiary/aromatic N) is 1. The smallest absolute Gasteiger partial charge is 0.241 e.